The van der Waals surface area contributed by atoms with Gasteiger partial charge in [0.1, 0.15) is 41.7 Å². The summed E-state index contributed by atoms with van der Waals surface area (Å²) >= 11 is 6.02. The summed E-state index contributed by atoms with van der Waals surface area (Å²) < 4.78 is 41.4. The molecule has 5 aliphatic rings. The number of likely N-dealkylation sites (tertiary alicyclic amines) is 1. The zero-order chi connectivity index (χ0) is 46.2. The van der Waals surface area contributed by atoms with E-state index in [1.807, 2.05) is 11.0 Å². The number of hydrogen-bond acceptors (Lipinski definition) is 13. The van der Waals surface area contributed by atoms with Crippen LogP contribution in [0.15, 0.2) is 60.9 Å². The number of amides is 5. The maximum atomic E-state index is 15.7. The van der Waals surface area contributed by atoms with Crippen molar-refractivity contribution in [2.45, 2.75) is 70.2 Å². The van der Waals surface area contributed by atoms with Gasteiger partial charge in [0.2, 0.25) is 17.7 Å². The zero-order valence-corrected chi connectivity index (χ0v) is 37.3. The maximum absolute atomic E-state index is 15.7. The van der Waals surface area contributed by atoms with Crippen LogP contribution in [0.2, 0.25) is 5.02 Å². The molecule has 3 aromatic carbocycles. The fourth-order valence-electron chi connectivity index (χ4n) is 9.64. The Balaban J connectivity index is 0.784. The Morgan fingerprint density at radius 1 is 0.955 bits per heavy atom. The quantitative estimate of drug-likeness (QED) is 0.117. The lowest BCUT2D eigenvalue weighted by atomic mass is 9.94. The number of carbonyl (C=O) groups excluding carboxylic acids is 5. The first-order valence-corrected chi connectivity index (χ1v) is 22.7. The van der Waals surface area contributed by atoms with Crippen LogP contribution in [0.4, 0.5) is 31.7 Å². The minimum atomic E-state index is -1.12. The van der Waals surface area contributed by atoms with Gasteiger partial charge in [-0.25, -0.2) is 18.7 Å². The molecule has 3 N–H and O–H groups in total. The molecule has 4 fully saturated rings. The molecule has 0 radical (unpaired) electrons. The summed E-state index contributed by atoms with van der Waals surface area (Å²) in [5.74, 6) is -2.72. The molecule has 1 aromatic heterocycles. The van der Waals surface area contributed by atoms with E-state index in [0.29, 0.717) is 79.0 Å². The van der Waals surface area contributed by atoms with E-state index < -0.39 is 41.3 Å². The van der Waals surface area contributed by atoms with E-state index in [0.717, 1.165) is 43.4 Å². The molecule has 19 heteroatoms. The highest BCUT2D eigenvalue weighted by atomic mass is 35.5. The molecule has 6 heterocycles. The highest BCUT2D eigenvalue weighted by Gasteiger charge is 2.46. The normalized spacial score (nSPS) is 23.2. The molecular formula is C47H50ClF2N9O7. The SMILES string of the molecule is CC1CN(c2cc3c(cc2F)C(=O)N(C2CCC(=O)NC2=O)C3=O)CC(C)N1CC1CCN(C/C=C/C(=O)Nc2cc3c(Nc4ccc(F)c(Cl)c4)ncnc3cc2O[C@H]2CCOC2)CC1. The lowest BCUT2D eigenvalue weighted by molar-refractivity contribution is -0.136. The Morgan fingerprint density at radius 3 is 2.42 bits per heavy atom. The van der Waals surface area contributed by atoms with Crippen LogP contribution in [0, 0.1) is 17.6 Å². The summed E-state index contributed by atoms with van der Waals surface area (Å²) in [5, 5.41) is 8.91. The summed E-state index contributed by atoms with van der Waals surface area (Å²) in [4.78, 5) is 80.7. The number of piperidine rings is 2. The Morgan fingerprint density at radius 2 is 1.71 bits per heavy atom. The first-order chi connectivity index (χ1) is 31.8. The number of carbonyl (C=O) groups is 5. The van der Waals surface area contributed by atoms with Crippen LogP contribution in [0.25, 0.3) is 10.9 Å². The van der Waals surface area contributed by atoms with Crippen LogP contribution < -0.4 is 25.6 Å². The number of nitrogens with zero attached hydrogens (tertiary/aromatic N) is 6. The van der Waals surface area contributed by atoms with Crippen molar-refractivity contribution in [3.8, 4) is 5.75 Å². The van der Waals surface area contributed by atoms with E-state index in [-0.39, 0.29) is 58.8 Å². The molecule has 0 bridgehead atoms. The monoisotopic (exact) mass is 925 g/mol. The lowest BCUT2D eigenvalue weighted by Crippen LogP contribution is -2.58. The second-order valence-electron chi connectivity index (χ2n) is 17.7. The number of hydrogen-bond donors (Lipinski definition) is 3. The van der Waals surface area contributed by atoms with E-state index in [4.69, 9.17) is 21.1 Å². The summed E-state index contributed by atoms with van der Waals surface area (Å²) in [5.41, 5.74) is 1.75. The Kier molecular flexibility index (Phi) is 13.0. The summed E-state index contributed by atoms with van der Waals surface area (Å²) in [7, 11) is 0. The van der Waals surface area contributed by atoms with Gasteiger partial charge in [0.15, 0.2) is 0 Å². The van der Waals surface area contributed by atoms with Gasteiger partial charge in [-0.3, -0.25) is 44.0 Å². The van der Waals surface area contributed by atoms with Crippen molar-refractivity contribution in [1.82, 2.24) is 30.0 Å². The minimum absolute atomic E-state index is 0.00175. The van der Waals surface area contributed by atoms with E-state index in [2.05, 4.69) is 49.6 Å². The molecule has 0 saturated carbocycles. The first-order valence-electron chi connectivity index (χ1n) is 22.3. The van der Waals surface area contributed by atoms with Crippen molar-refractivity contribution in [1.29, 1.82) is 0 Å². The number of fused-ring (bicyclic) bond motifs is 2. The Labute approximate surface area is 384 Å². The Bertz CT molecular complexity index is 2610. The average molecular weight is 926 g/mol. The van der Waals surface area contributed by atoms with Gasteiger partial charge in [0, 0.05) is 74.3 Å². The molecule has 16 nitrogen and oxygen atoms in total. The van der Waals surface area contributed by atoms with Gasteiger partial charge in [-0.15, -0.1) is 0 Å². The van der Waals surface area contributed by atoms with Crippen molar-refractivity contribution in [2.24, 2.45) is 5.92 Å². The van der Waals surface area contributed by atoms with Gasteiger partial charge in [0.25, 0.3) is 11.8 Å². The third-order valence-corrected chi connectivity index (χ3v) is 13.4. The first kappa shape index (κ1) is 45.1. The van der Waals surface area contributed by atoms with Gasteiger partial charge in [-0.2, -0.15) is 0 Å². The number of benzene rings is 3. The summed E-state index contributed by atoms with van der Waals surface area (Å²) in [6.45, 7) is 9.48. The molecule has 346 valence electrons. The van der Waals surface area contributed by atoms with E-state index >= 15 is 4.39 Å². The lowest BCUT2D eigenvalue weighted by Gasteiger charge is -2.47. The van der Waals surface area contributed by atoms with Crippen LogP contribution in [-0.4, -0.2) is 131 Å². The van der Waals surface area contributed by atoms with Crippen molar-refractivity contribution in [2.75, 3.05) is 68.0 Å². The standard InChI is InChI=1S/C47H50ClF2N9O7/c1-26-21-57(40-19-32-31(17-36(40)50)46(63)59(47(32)64)39-7-8-43(61)55-45(39)62)22-27(2)58(26)23-28-9-13-56(14-10-28)12-3-4-42(60)54-38-18-33-37(20-41(38)66-30-11-15-65-24-30)51-25-52-44(33)53-29-5-6-35(49)34(48)16-29/h3-6,16-20,25-28,30,39H,7-15,21-24H2,1-2H3,(H,54,60)(H,51,52,53)(H,55,61,62)/b4-3+/t26?,27?,30-,39?/m0/s1. The summed E-state index contributed by atoms with van der Waals surface area (Å²) in [6.07, 6.45) is 7.29. The number of imide groups is 2. The second-order valence-corrected chi connectivity index (χ2v) is 18.1. The van der Waals surface area contributed by atoms with Crippen LogP contribution in [-0.2, 0) is 19.1 Å². The molecule has 4 saturated heterocycles. The topological polar surface area (TPSA) is 179 Å². The predicted octanol–water partition coefficient (Wildman–Crippen LogP) is 5.68. The fraction of sp³-hybridized carbons (Fsp3) is 0.426. The number of rotatable bonds is 12. The smallest absolute Gasteiger partial charge is 0.262 e. The third kappa shape index (κ3) is 9.45. The van der Waals surface area contributed by atoms with Crippen molar-refractivity contribution in [3.05, 3.63) is 88.7 Å². The van der Waals surface area contributed by atoms with E-state index in [1.54, 1.807) is 18.2 Å². The highest BCUT2D eigenvalue weighted by Crippen LogP contribution is 2.37. The van der Waals surface area contributed by atoms with Crippen LogP contribution in [0.3, 0.4) is 0 Å². The molecule has 5 aliphatic heterocycles. The van der Waals surface area contributed by atoms with Crippen LogP contribution in [0.1, 0.15) is 66.7 Å². The Hall–Kier alpha value is -6.08. The molecule has 0 spiro atoms. The molecule has 3 unspecified atom stereocenters. The van der Waals surface area contributed by atoms with Gasteiger partial charge in [0.05, 0.1) is 46.3 Å². The third-order valence-electron chi connectivity index (χ3n) is 13.1. The number of piperazine rings is 1. The predicted molar refractivity (Wildman–Crippen MR) is 242 cm³/mol. The van der Waals surface area contributed by atoms with Gasteiger partial charge in [-0.05, 0) is 88.5 Å². The largest absolute Gasteiger partial charge is 0.486 e. The molecule has 5 amide bonds. The maximum Gasteiger partial charge on any atom is 0.262 e. The van der Waals surface area contributed by atoms with Crippen molar-refractivity contribution < 1.29 is 42.2 Å². The van der Waals surface area contributed by atoms with Crippen LogP contribution >= 0.6 is 11.6 Å². The average Bonchev–Trinajstić information content (AvgIpc) is 3.88. The number of nitrogens with one attached hydrogen (secondary N) is 3. The van der Waals surface area contributed by atoms with E-state index in [1.165, 1.54) is 30.6 Å². The second kappa shape index (κ2) is 19.0. The van der Waals surface area contributed by atoms with Crippen molar-refractivity contribution >= 4 is 74.9 Å². The zero-order valence-electron chi connectivity index (χ0n) is 36.5. The molecular weight excluding hydrogens is 876 g/mol. The fourth-order valence-corrected chi connectivity index (χ4v) is 9.82. The van der Waals surface area contributed by atoms with Crippen molar-refractivity contribution in [3.63, 3.8) is 0 Å². The van der Waals surface area contributed by atoms with Gasteiger partial charge >= 0.3 is 0 Å². The number of anilines is 4. The van der Waals surface area contributed by atoms with Gasteiger partial charge < -0.3 is 25.0 Å². The highest BCUT2D eigenvalue weighted by molar-refractivity contribution is 6.31. The molecule has 4 aromatic rings. The van der Waals surface area contributed by atoms with E-state index in [9.17, 15) is 28.4 Å². The van der Waals surface area contributed by atoms with Gasteiger partial charge in [-0.1, -0.05) is 17.7 Å². The van der Waals surface area contributed by atoms with Crippen LogP contribution in [0.5, 0.6) is 5.75 Å². The molecule has 0 aliphatic carbocycles. The number of ether oxygens (including phenoxy) is 2. The number of halogens is 3. The number of aromatic nitrogens is 2. The minimum Gasteiger partial charge on any atom is -0.486 e. The molecule has 4 atom stereocenters. The molecule has 66 heavy (non-hydrogen) atoms. The molecule has 9 rings (SSSR count). The summed E-state index contributed by atoms with van der Waals surface area (Å²) in [6, 6.07) is 9.33.